The Morgan fingerprint density at radius 2 is 1.64 bits per heavy atom. The molecule has 0 aromatic heterocycles. The Morgan fingerprint density at radius 1 is 1.00 bits per heavy atom. The first-order valence-electron chi connectivity index (χ1n) is 9.80. The van der Waals surface area contributed by atoms with Crippen LogP contribution in [-0.4, -0.2) is 39.3 Å². The summed E-state index contributed by atoms with van der Waals surface area (Å²) in [5.74, 6) is 2.19. The van der Waals surface area contributed by atoms with E-state index < -0.39 is 0 Å². The van der Waals surface area contributed by atoms with Crippen LogP contribution in [0.25, 0.3) is 0 Å². The van der Waals surface area contributed by atoms with Crippen molar-refractivity contribution in [1.29, 1.82) is 0 Å². The highest BCUT2D eigenvalue weighted by molar-refractivity contribution is 5.45. The molecular weight excluding hydrogens is 310 g/mol. The van der Waals surface area contributed by atoms with Crippen LogP contribution in [0.15, 0.2) is 18.2 Å². The average molecular weight is 350 g/mol. The summed E-state index contributed by atoms with van der Waals surface area (Å²) in [6, 6.07) is 6.39. The van der Waals surface area contributed by atoms with Crippen molar-refractivity contribution < 1.29 is 9.47 Å². The monoisotopic (exact) mass is 349 g/mol. The van der Waals surface area contributed by atoms with E-state index >= 15 is 0 Å². The first-order chi connectivity index (χ1) is 11.9. The maximum atomic E-state index is 5.52. The molecule has 144 valence electrons. The zero-order chi connectivity index (χ0) is 18.9. The van der Waals surface area contributed by atoms with E-state index in [4.69, 9.17) is 9.47 Å². The fourth-order valence-corrected chi connectivity index (χ4v) is 3.42. The minimum absolute atomic E-state index is 0.143. The first-order valence-corrected chi connectivity index (χ1v) is 9.80. The van der Waals surface area contributed by atoms with Gasteiger partial charge in [0.25, 0.3) is 0 Å². The second-order valence-corrected chi connectivity index (χ2v) is 7.76. The molecule has 0 amide bonds. The highest BCUT2D eigenvalue weighted by atomic mass is 16.5. The van der Waals surface area contributed by atoms with Gasteiger partial charge in [-0.1, -0.05) is 46.6 Å². The standard InChI is InChI=1S/C22H39NO2/c1-8-9-10-15-23(5)16-11-14-22(4,18(2)3)19-12-13-20(24-6)21(17-19)25-7/h12-13,17-18H,8-11,14-16H2,1-7H3. The maximum absolute atomic E-state index is 5.52. The largest absolute Gasteiger partial charge is 0.493 e. The Kier molecular flexibility index (Phi) is 9.34. The summed E-state index contributed by atoms with van der Waals surface area (Å²) in [6.07, 6.45) is 6.33. The summed E-state index contributed by atoms with van der Waals surface area (Å²) in [7, 11) is 5.64. The van der Waals surface area contributed by atoms with Crippen LogP contribution in [0.4, 0.5) is 0 Å². The molecule has 0 saturated carbocycles. The van der Waals surface area contributed by atoms with E-state index in [0.29, 0.717) is 5.92 Å². The number of hydrogen-bond acceptors (Lipinski definition) is 3. The SMILES string of the molecule is CCCCCN(C)CCCC(C)(c1ccc(OC)c(OC)c1)C(C)C. The number of methoxy groups -OCH3 is 2. The average Bonchev–Trinajstić information content (AvgIpc) is 2.60. The lowest BCUT2D eigenvalue weighted by atomic mass is 9.70. The number of nitrogens with zero attached hydrogens (tertiary/aromatic N) is 1. The molecule has 1 aromatic carbocycles. The predicted octanol–water partition coefficient (Wildman–Crippen LogP) is 5.52. The molecular formula is C22H39NO2. The third-order valence-electron chi connectivity index (χ3n) is 5.70. The smallest absolute Gasteiger partial charge is 0.161 e. The minimum Gasteiger partial charge on any atom is -0.493 e. The van der Waals surface area contributed by atoms with E-state index in [-0.39, 0.29) is 5.41 Å². The molecule has 0 fully saturated rings. The van der Waals surface area contributed by atoms with E-state index in [1.807, 2.05) is 6.07 Å². The summed E-state index contributed by atoms with van der Waals surface area (Å²) in [6.45, 7) is 11.7. The van der Waals surface area contributed by atoms with E-state index in [2.05, 4.69) is 51.8 Å². The summed E-state index contributed by atoms with van der Waals surface area (Å²) in [5, 5.41) is 0. The summed E-state index contributed by atoms with van der Waals surface area (Å²) in [5.41, 5.74) is 1.48. The van der Waals surface area contributed by atoms with Gasteiger partial charge in [0.05, 0.1) is 14.2 Å². The van der Waals surface area contributed by atoms with Gasteiger partial charge in [0.1, 0.15) is 0 Å². The van der Waals surface area contributed by atoms with Gasteiger partial charge in [0, 0.05) is 0 Å². The van der Waals surface area contributed by atoms with Crippen LogP contribution in [0.1, 0.15) is 65.4 Å². The number of rotatable bonds is 12. The first kappa shape index (κ1) is 21.8. The molecule has 1 atom stereocenters. The van der Waals surface area contributed by atoms with Crippen molar-refractivity contribution in [2.45, 2.75) is 65.2 Å². The lowest BCUT2D eigenvalue weighted by molar-refractivity contribution is 0.263. The third-order valence-corrected chi connectivity index (χ3v) is 5.70. The van der Waals surface area contributed by atoms with Crippen molar-refractivity contribution in [3.05, 3.63) is 23.8 Å². The summed E-state index contributed by atoms with van der Waals surface area (Å²) in [4.78, 5) is 2.48. The lowest BCUT2D eigenvalue weighted by Gasteiger charge is -2.35. The molecule has 0 saturated heterocycles. The second kappa shape index (κ2) is 10.7. The van der Waals surface area contributed by atoms with Crippen LogP contribution < -0.4 is 9.47 Å². The Labute approximate surface area is 155 Å². The van der Waals surface area contributed by atoms with Gasteiger partial charge in [-0.05, 0) is 68.4 Å². The van der Waals surface area contributed by atoms with Gasteiger partial charge in [-0.3, -0.25) is 0 Å². The second-order valence-electron chi connectivity index (χ2n) is 7.76. The fourth-order valence-electron chi connectivity index (χ4n) is 3.42. The molecule has 3 nitrogen and oxygen atoms in total. The molecule has 0 N–H and O–H groups in total. The van der Waals surface area contributed by atoms with Crippen LogP contribution in [0, 0.1) is 5.92 Å². The lowest BCUT2D eigenvalue weighted by Crippen LogP contribution is -2.30. The Bertz CT molecular complexity index is 501. The Balaban J connectivity index is 2.77. The van der Waals surface area contributed by atoms with E-state index in [1.54, 1.807) is 14.2 Å². The van der Waals surface area contributed by atoms with Crippen LogP contribution in [0.2, 0.25) is 0 Å². The number of benzene rings is 1. The molecule has 0 aliphatic carbocycles. The third kappa shape index (κ3) is 6.22. The molecule has 0 radical (unpaired) electrons. The summed E-state index contributed by atoms with van der Waals surface area (Å²) >= 11 is 0. The molecule has 1 aromatic rings. The van der Waals surface area contributed by atoms with Gasteiger partial charge in [-0.15, -0.1) is 0 Å². The van der Waals surface area contributed by atoms with Crippen LogP contribution in [0.3, 0.4) is 0 Å². The van der Waals surface area contributed by atoms with Crippen LogP contribution in [-0.2, 0) is 5.41 Å². The van der Waals surface area contributed by atoms with Gasteiger partial charge >= 0.3 is 0 Å². The highest BCUT2D eigenvalue weighted by Gasteiger charge is 2.31. The van der Waals surface area contributed by atoms with Crippen molar-refractivity contribution >= 4 is 0 Å². The molecule has 1 unspecified atom stereocenters. The Hall–Kier alpha value is -1.22. The van der Waals surface area contributed by atoms with Crippen molar-refractivity contribution in [3.8, 4) is 11.5 Å². The molecule has 25 heavy (non-hydrogen) atoms. The topological polar surface area (TPSA) is 21.7 Å². The van der Waals surface area contributed by atoms with E-state index in [9.17, 15) is 0 Å². The highest BCUT2D eigenvalue weighted by Crippen LogP contribution is 2.40. The zero-order valence-corrected chi connectivity index (χ0v) is 17.5. The summed E-state index contributed by atoms with van der Waals surface area (Å²) < 4.78 is 10.9. The molecule has 0 spiro atoms. The number of ether oxygens (including phenoxy) is 2. The number of hydrogen-bond donors (Lipinski definition) is 0. The molecule has 1 rings (SSSR count). The van der Waals surface area contributed by atoms with Crippen LogP contribution >= 0.6 is 0 Å². The fraction of sp³-hybridized carbons (Fsp3) is 0.727. The molecule has 0 bridgehead atoms. The van der Waals surface area contributed by atoms with Crippen molar-refractivity contribution in [3.63, 3.8) is 0 Å². The maximum Gasteiger partial charge on any atom is 0.161 e. The number of unbranched alkanes of at least 4 members (excludes halogenated alkanes) is 2. The zero-order valence-electron chi connectivity index (χ0n) is 17.5. The van der Waals surface area contributed by atoms with Gasteiger partial charge in [-0.2, -0.15) is 0 Å². The van der Waals surface area contributed by atoms with Crippen molar-refractivity contribution in [1.82, 2.24) is 4.90 Å². The van der Waals surface area contributed by atoms with Gasteiger partial charge in [0.15, 0.2) is 11.5 Å². The van der Waals surface area contributed by atoms with Crippen molar-refractivity contribution in [2.75, 3.05) is 34.4 Å². The van der Waals surface area contributed by atoms with Crippen molar-refractivity contribution in [2.24, 2.45) is 5.92 Å². The Morgan fingerprint density at radius 3 is 2.20 bits per heavy atom. The van der Waals surface area contributed by atoms with Gasteiger partial charge in [0.2, 0.25) is 0 Å². The normalized spacial score (nSPS) is 14.0. The van der Waals surface area contributed by atoms with E-state index in [1.165, 1.54) is 50.8 Å². The van der Waals surface area contributed by atoms with E-state index in [0.717, 1.165) is 11.5 Å². The van der Waals surface area contributed by atoms with Crippen LogP contribution in [0.5, 0.6) is 11.5 Å². The molecule has 0 heterocycles. The van der Waals surface area contributed by atoms with Gasteiger partial charge < -0.3 is 14.4 Å². The molecule has 0 aliphatic rings. The minimum atomic E-state index is 0.143. The molecule has 0 aliphatic heterocycles. The van der Waals surface area contributed by atoms with Gasteiger partial charge in [-0.25, -0.2) is 0 Å². The predicted molar refractivity (Wildman–Crippen MR) is 108 cm³/mol. The quantitative estimate of drug-likeness (QED) is 0.464. The molecule has 3 heteroatoms.